The number of benzene rings is 1. The second kappa shape index (κ2) is 10.2. The third-order valence-electron chi connectivity index (χ3n) is 4.66. The van der Waals surface area contributed by atoms with Gasteiger partial charge in [0.1, 0.15) is 17.3 Å². The number of anilines is 1. The molecule has 0 aliphatic rings. The summed E-state index contributed by atoms with van der Waals surface area (Å²) < 4.78 is 7.02. The van der Waals surface area contributed by atoms with E-state index in [1.54, 1.807) is 19.1 Å². The number of ether oxygens (including phenoxy) is 1. The fourth-order valence-electron chi connectivity index (χ4n) is 3.13. The van der Waals surface area contributed by atoms with Crippen LogP contribution in [0, 0.1) is 42.2 Å². The Labute approximate surface area is 180 Å². The number of hydrogen-bond acceptors (Lipinski definition) is 6. The van der Waals surface area contributed by atoms with Crippen molar-refractivity contribution in [3.8, 4) is 6.07 Å². The first-order valence-electron chi connectivity index (χ1n) is 9.68. The number of nitriles is 1. The van der Waals surface area contributed by atoms with Crippen LogP contribution in [0.15, 0.2) is 29.8 Å². The third-order valence-corrected chi connectivity index (χ3v) is 4.66. The molecule has 0 bridgehead atoms. The van der Waals surface area contributed by atoms with E-state index in [0.717, 1.165) is 29.9 Å². The molecule has 1 N–H and O–H groups in total. The van der Waals surface area contributed by atoms with E-state index in [1.807, 2.05) is 19.9 Å². The minimum atomic E-state index is -0.948. The lowest BCUT2D eigenvalue weighted by atomic mass is 10.1. The molecule has 0 aliphatic carbocycles. The molecule has 0 spiro atoms. The normalized spacial score (nSPS) is 11.0. The average molecular weight is 424 g/mol. The Morgan fingerprint density at radius 1 is 1.29 bits per heavy atom. The molecule has 0 aliphatic heterocycles. The van der Waals surface area contributed by atoms with E-state index in [0.29, 0.717) is 5.56 Å². The Kier molecular flexibility index (Phi) is 7.69. The molecule has 1 aromatic heterocycles. The van der Waals surface area contributed by atoms with Gasteiger partial charge in [-0.05, 0) is 56.5 Å². The maximum atomic E-state index is 12.3. The van der Waals surface area contributed by atoms with Crippen LogP contribution < -0.4 is 5.32 Å². The second-order valence-corrected chi connectivity index (χ2v) is 7.05. The van der Waals surface area contributed by atoms with Gasteiger partial charge in [0, 0.05) is 24.0 Å². The molecule has 0 saturated heterocycles. The highest BCUT2D eigenvalue weighted by Crippen LogP contribution is 2.25. The molecular formula is C22H24N4O5. The van der Waals surface area contributed by atoms with Crippen molar-refractivity contribution >= 4 is 29.3 Å². The first kappa shape index (κ1) is 23.3. The van der Waals surface area contributed by atoms with Crippen molar-refractivity contribution in [1.29, 1.82) is 5.26 Å². The average Bonchev–Trinajstić information content (AvgIpc) is 2.99. The van der Waals surface area contributed by atoms with E-state index in [4.69, 9.17) is 4.74 Å². The lowest BCUT2D eigenvalue weighted by Gasteiger charge is -2.08. The van der Waals surface area contributed by atoms with Crippen molar-refractivity contribution < 1.29 is 19.2 Å². The Morgan fingerprint density at radius 3 is 2.61 bits per heavy atom. The number of esters is 1. The lowest BCUT2D eigenvalue weighted by molar-refractivity contribution is -0.384. The van der Waals surface area contributed by atoms with E-state index in [2.05, 4.69) is 16.8 Å². The van der Waals surface area contributed by atoms with Crippen molar-refractivity contribution in [2.75, 3.05) is 11.9 Å². The van der Waals surface area contributed by atoms with Crippen molar-refractivity contribution in [1.82, 2.24) is 4.57 Å². The standard InChI is InChI=1S/C22H24N4O5/c1-5-8-25-15(3)10-17(16(25)4)11-18(12-23)22(28)31-13-21(27)24-19-7-6-14(2)9-20(19)26(29)30/h6-7,9-11H,5,8,13H2,1-4H3,(H,24,27)/b18-11+. The molecule has 2 rings (SSSR count). The van der Waals surface area contributed by atoms with Crippen LogP contribution in [0.2, 0.25) is 0 Å². The van der Waals surface area contributed by atoms with Gasteiger partial charge in [-0.3, -0.25) is 14.9 Å². The summed E-state index contributed by atoms with van der Waals surface area (Å²) in [7, 11) is 0. The summed E-state index contributed by atoms with van der Waals surface area (Å²) in [4.78, 5) is 34.9. The van der Waals surface area contributed by atoms with Crippen LogP contribution in [-0.4, -0.2) is 28.0 Å². The van der Waals surface area contributed by atoms with E-state index >= 15 is 0 Å². The number of hydrogen-bond donors (Lipinski definition) is 1. The van der Waals surface area contributed by atoms with E-state index in [-0.39, 0.29) is 16.9 Å². The summed E-state index contributed by atoms with van der Waals surface area (Å²) in [6.45, 7) is 7.73. The number of aromatic nitrogens is 1. The Hall–Kier alpha value is -3.93. The number of nitro benzene ring substituents is 1. The van der Waals surface area contributed by atoms with Crippen LogP contribution in [0.4, 0.5) is 11.4 Å². The summed E-state index contributed by atoms with van der Waals surface area (Å²) in [6.07, 6.45) is 2.38. The van der Waals surface area contributed by atoms with Gasteiger partial charge in [-0.1, -0.05) is 13.0 Å². The van der Waals surface area contributed by atoms with Gasteiger partial charge in [0.05, 0.1) is 4.92 Å². The van der Waals surface area contributed by atoms with Gasteiger partial charge >= 0.3 is 5.97 Å². The summed E-state index contributed by atoms with van der Waals surface area (Å²) in [5.41, 5.74) is 2.80. The van der Waals surface area contributed by atoms with Crippen LogP contribution in [-0.2, 0) is 20.9 Å². The highest BCUT2D eigenvalue weighted by atomic mass is 16.6. The van der Waals surface area contributed by atoms with Gasteiger partial charge in [0.2, 0.25) is 0 Å². The highest BCUT2D eigenvalue weighted by Gasteiger charge is 2.18. The Bertz CT molecular complexity index is 1090. The monoisotopic (exact) mass is 424 g/mol. The predicted octanol–water partition coefficient (Wildman–Crippen LogP) is 3.82. The molecule has 31 heavy (non-hydrogen) atoms. The number of nitrogens with zero attached hydrogens (tertiary/aromatic N) is 3. The van der Waals surface area contributed by atoms with Gasteiger partial charge in [0.15, 0.2) is 6.61 Å². The molecular weight excluding hydrogens is 400 g/mol. The maximum Gasteiger partial charge on any atom is 0.349 e. The molecule has 162 valence electrons. The summed E-state index contributed by atoms with van der Waals surface area (Å²) in [5, 5.41) is 22.8. The minimum absolute atomic E-state index is 0.00365. The molecule has 0 atom stereocenters. The van der Waals surface area contributed by atoms with E-state index in [9.17, 15) is 25.0 Å². The number of nitro groups is 1. The molecule has 9 heteroatoms. The third kappa shape index (κ3) is 5.79. The number of nitrogens with one attached hydrogen (secondary N) is 1. The Balaban J connectivity index is 2.08. The SMILES string of the molecule is CCCn1c(C)cc(/C=C(\C#N)C(=O)OCC(=O)Nc2ccc(C)cc2[N+](=O)[O-])c1C. The van der Waals surface area contributed by atoms with Crippen molar-refractivity contribution in [2.45, 2.75) is 40.7 Å². The Morgan fingerprint density at radius 2 is 2.00 bits per heavy atom. The molecule has 0 saturated carbocycles. The van der Waals surface area contributed by atoms with E-state index in [1.165, 1.54) is 18.2 Å². The molecule has 2 aromatic rings. The predicted molar refractivity (Wildman–Crippen MR) is 115 cm³/mol. The van der Waals surface area contributed by atoms with Gasteiger partial charge in [0.25, 0.3) is 11.6 Å². The smallest absolute Gasteiger partial charge is 0.349 e. The van der Waals surface area contributed by atoms with Gasteiger partial charge in [-0.2, -0.15) is 5.26 Å². The number of carbonyl (C=O) groups is 2. The van der Waals surface area contributed by atoms with Crippen LogP contribution in [0.3, 0.4) is 0 Å². The number of rotatable bonds is 8. The number of carbonyl (C=O) groups excluding carboxylic acids is 2. The van der Waals surface area contributed by atoms with Gasteiger partial charge < -0.3 is 14.6 Å². The largest absolute Gasteiger partial charge is 0.451 e. The van der Waals surface area contributed by atoms with Gasteiger partial charge in [-0.25, -0.2) is 4.79 Å². The first-order chi connectivity index (χ1) is 14.7. The highest BCUT2D eigenvalue weighted by molar-refractivity contribution is 6.00. The van der Waals surface area contributed by atoms with Crippen LogP contribution in [0.25, 0.3) is 6.08 Å². The first-order valence-corrected chi connectivity index (χ1v) is 9.68. The second-order valence-electron chi connectivity index (χ2n) is 7.05. The topological polar surface area (TPSA) is 127 Å². The zero-order valence-corrected chi connectivity index (χ0v) is 17.9. The zero-order valence-electron chi connectivity index (χ0n) is 17.9. The number of amides is 1. The number of aryl methyl sites for hydroxylation is 2. The minimum Gasteiger partial charge on any atom is -0.451 e. The van der Waals surface area contributed by atoms with E-state index < -0.39 is 23.4 Å². The fraction of sp³-hybridized carbons (Fsp3) is 0.318. The fourth-order valence-corrected chi connectivity index (χ4v) is 3.13. The molecule has 0 unspecified atom stereocenters. The van der Waals surface area contributed by atoms with Crippen molar-refractivity contribution in [2.24, 2.45) is 0 Å². The molecule has 1 heterocycles. The molecule has 0 fully saturated rings. The molecule has 1 amide bonds. The van der Waals surface area contributed by atoms with Crippen LogP contribution in [0.1, 0.15) is 35.9 Å². The summed E-state index contributed by atoms with van der Waals surface area (Å²) in [6, 6.07) is 8.01. The van der Waals surface area contributed by atoms with Crippen molar-refractivity contribution in [3.05, 3.63) is 62.5 Å². The lowest BCUT2D eigenvalue weighted by Crippen LogP contribution is -2.22. The molecule has 9 nitrogen and oxygen atoms in total. The van der Waals surface area contributed by atoms with Crippen LogP contribution >= 0.6 is 0 Å². The zero-order chi connectivity index (χ0) is 23.1. The molecule has 0 radical (unpaired) electrons. The quantitative estimate of drug-likeness (QED) is 0.226. The van der Waals surface area contributed by atoms with Gasteiger partial charge in [-0.15, -0.1) is 0 Å². The van der Waals surface area contributed by atoms with Crippen LogP contribution in [0.5, 0.6) is 0 Å². The molecule has 1 aromatic carbocycles. The maximum absolute atomic E-state index is 12.3. The van der Waals surface area contributed by atoms with Crippen molar-refractivity contribution in [3.63, 3.8) is 0 Å². The summed E-state index contributed by atoms with van der Waals surface area (Å²) >= 11 is 0. The summed E-state index contributed by atoms with van der Waals surface area (Å²) in [5.74, 6) is -1.70.